The summed E-state index contributed by atoms with van der Waals surface area (Å²) in [7, 11) is 1.98. The average Bonchev–Trinajstić information content (AvgIpc) is 2.39. The van der Waals surface area contributed by atoms with E-state index >= 15 is 0 Å². The highest BCUT2D eigenvalue weighted by atomic mass is 32.2. The standard InChI is InChI=1S/C18H23NS/c1-13-9-14(2)18(15(3)10-13)12-20-17-7-5-16(6-8-17)11-19-4/h5-10,19H,11-12H2,1-4H3. The Kier molecular flexibility index (Phi) is 5.27. The summed E-state index contributed by atoms with van der Waals surface area (Å²) in [4.78, 5) is 1.34. The van der Waals surface area contributed by atoms with E-state index in [2.05, 4.69) is 62.5 Å². The predicted molar refractivity (Wildman–Crippen MR) is 89.4 cm³/mol. The molecule has 0 aromatic heterocycles. The second-order valence-corrected chi connectivity index (χ2v) is 6.39. The van der Waals surface area contributed by atoms with Gasteiger partial charge in [-0.3, -0.25) is 0 Å². The number of aryl methyl sites for hydroxylation is 3. The Bertz CT molecular complexity index is 549. The normalized spacial score (nSPS) is 10.8. The van der Waals surface area contributed by atoms with Gasteiger partial charge in [0, 0.05) is 17.2 Å². The smallest absolute Gasteiger partial charge is 0.0237 e. The maximum atomic E-state index is 3.17. The van der Waals surface area contributed by atoms with Crippen LogP contribution in [0.15, 0.2) is 41.3 Å². The van der Waals surface area contributed by atoms with Crippen molar-refractivity contribution in [2.75, 3.05) is 7.05 Å². The summed E-state index contributed by atoms with van der Waals surface area (Å²) in [6.45, 7) is 7.52. The van der Waals surface area contributed by atoms with Crippen molar-refractivity contribution in [1.29, 1.82) is 0 Å². The van der Waals surface area contributed by atoms with E-state index in [0.717, 1.165) is 12.3 Å². The largest absolute Gasteiger partial charge is 0.316 e. The molecular weight excluding hydrogens is 262 g/mol. The van der Waals surface area contributed by atoms with Crippen molar-refractivity contribution in [2.24, 2.45) is 0 Å². The Hall–Kier alpha value is -1.25. The van der Waals surface area contributed by atoms with E-state index in [1.807, 2.05) is 18.8 Å². The summed E-state index contributed by atoms with van der Waals surface area (Å²) in [6, 6.07) is 13.4. The van der Waals surface area contributed by atoms with Gasteiger partial charge in [-0.15, -0.1) is 11.8 Å². The highest BCUT2D eigenvalue weighted by Gasteiger charge is 2.05. The first kappa shape index (κ1) is 15.1. The van der Waals surface area contributed by atoms with Gasteiger partial charge in [-0.1, -0.05) is 29.8 Å². The number of nitrogens with one attached hydrogen (secondary N) is 1. The van der Waals surface area contributed by atoms with Gasteiger partial charge in [0.05, 0.1) is 0 Å². The first-order valence-electron chi connectivity index (χ1n) is 7.03. The molecule has 1 N–H and O–H groups in total. The van der Waals surface area contributed by atoms with E-state index in [-0.39, 0.29) is 0 Å². The van der Waals surface area contributed by atoms with Crippen LogP contribution in [0.2, 0.25) is 0 Å². The summed E-state index contributed by atoms with van der Waals surface area (Å²) in [5.41, 5.74) is 6.97. The van der Waals surface area contributed by atoms with E-state index in [1.54, 1.807) is 0 Å². The van der Waals surface area contributed by atoms with E-state index in [0.29, 0.717) is 0 Å². The molecule has 0 spiro atoms. The first-order chi connectivity index (χ1) is 9.60. The van der Waals surface area contributed by atoms with E-state index in [1.165, 1.54) is 32.7 Å². The number of thioether (sulfide) groups is 1. The minimum atomic E-state index is 0.932. The molecule has 2 heteroatoms. The van der Waals surface area contributed by atoms with Crippen LogP contribution in [0, 0.1) is 20.8 Å². The molecule has 0 heterocycles. The summed E-state index contributed by atoms with van der Waals surface area (Å²) in [5, 5.41) is 3.17. The average molecular weight is 285 g/mol. The Labute approximate surface area is 126 Å². The molecule has 0 atom stereocenters. The molecule has 0 fully saturated rings. The van der Waals surface area contributed by atoms with Crippen LogP contribution < -0.4 is 5.32 Å². The van der Waals surface area contributed by atoms with Crippen LogP contribution in [0.3, 0.4) is 0 Å². The molecule has 2 aromatic carbocycles. The summed E-state index contributed by atoms with van der Waals surface area (Å²) in [6.07, 6.45) is 0. The van der Waals surface area contributed by atoms with Gasteiger partial charge in [0.15, 0.2) is 0 Å². The zero-order valence-corrected chi connectivity index (χ0v) is 13.6. The van der Waals surface area contributed by atoms with E-state index in [4.69, 9.17) is 0 Å². The van der Waals surface area contributed by atoms with Crippen LogP contribution in [0.1, 0.15) is 27.8 Å². The summed E-state index contributed by atoms with van der Waals surface area (Å²) in [5.74, 6) is 1.04. The van der Waals surface area contributed by atoms with Gasteiger partial charge in [0.1, 0.15) is 0 Å². The molecule has 0 aliphatic heterocycles. The molecule has 0 aliphatic rings. The van der Waals surface area contributed by atoms with Crippen molar-refractivity contribution in [3.63, 3.8) is 0 Å². The van der Waals surface area contributed by atoms with Crippen LogP contribution in [0.5, 0.6) is 0 Å². The molecule has 0 bridgehead atoms. The van der Waals surface area contributed by atoms with Gasteiger partial charge in [0.25, 0.3) is 0 Å². The molecule has 0 unspecified atom stereocenters. The quantitative estimate of drug-likeness (QED) is 0.804. The molecule has 0 saturated carbocycles. The van der Waals surface area contributed by atoms with Gasteiger partial charge >= 0.3 is 0 Å². The lowest BCUT2D eigenvalue weighted by Gasteiger charge is -2.11. The Morgan fingerprint density at radius 1 is 0.950 bits per heavy atom. The fourth-order valence-corrected chi connectivity index (χ4v) is 3.60. The number of benzene rings is 2. The maximum Gasteiger partial charge on any atom is 0.0237 e. The van der Waals surface area contributed by atoms with Gasteiger partial charge in [-0.2, -0.15) is 0 Å². The zero-order valence-electron chi connectivity index (χ0n) is 12.8. The van der Waals surface area contributed by atoms with Crippen molar-refractivity contribution < 1.29 is 0 Å². The number of rotatable bonds is 5. The van der Waals surface area contributed by atoms with Gasteiger partial charge in [-0.05, 0) is 62.2 Å². The predicted octanol–water partition coefficient (Wildman–Crippen LogP) is 4.62. The molecule has 106 valence electrons. The topological polar surface area (TPSA) is 12.0 Å². The first-order valence-corrected chi connectivity index (χ1v) is 8.02. The number of hydrogen-bond acceptors (Lipinski definition) is 2. The summed E-state index contributed by atoms with van der Waals surface area (Å²) < 4.78 is 0. The number of hydrogen-bond donors (Lipinski definition) is 1. The van der Waals surface area contributed by atoms with E-state index < -0.39 is 0 Å². The minimum absolute atomic E-state index is 0.932. The fourth-order valence-electron chi connectivity index (χ4n) is 2.50. The highest BCUT2D eigenvalue weighted by molar-refractivity contribution is 7.98. The molecule has 2 rings (SSSR count). The third-order valence-corrected chi connectivity index (χ3v) is 4.57. The molecule has 0 radical (unpaired) electrons. The van der Waals surface area contributed by atoms with Crippen molar-refractivity contribution in [1.82, 2.24) is 5.32 Å². The lowest BCUT2D eigenvalue weighted by atomic mass is 10.0. The monoisotopic (exact) mass is 285 g/mol. The van der Waals surface area contributed by atoms with Gasteiger partial charge < -0.3 is 5.32 Å². The lowest BCUT2D eigenvalue weighted by molar-refractivity contribution is 0.817. The fraction of sp³-hybridized carbons (Fsp3) is 0.333. The molecule has 2 aromatic rings. The van der Waals surface area contributed by atoms with Gasteiger partial charge in [-0.25, -0.2) is 0 Å². The molecule has 1 nitrogen and oxygen atoms in total. The van der Waals surface area contributed by atoms with Crippen molar-refractivity contribution in [3.05, 3.63) is 64.2 Å². The Morgan fingerprint density at radius 3 is 2.10 bits per heavy atom. The van der Waals surface area contributed by atoms with Crippen molar-refractivity contribution >= 4 is 11.8 Å². The van der Waals surface area contributed by atoms with E-state index in [9.17, 15) is 0 Å². The van der Waals surface area contributed by atoms with Crippen LogP contribution in [0.4, 0.5) is 0 Å². The Balaban J connectivity index is 2.05. The van der Waals surface area contributed by atoms with Gasteiger partial charge in [0.2, 0.25) is 0 Å². The third-order valence-electron chi connectivity index (χ3n) is 3.53. The van der Waals surface area contributed by atoms with Crippen LogP contribution >= 0.6 is 11.8 Å². The molecule has 20 heavy (non-hydrogen) atoms. The van der Waals surface area contributed by atoms with Crippen molar-refractivity contribution in [2.45, 2.75) is 38.0 Å². The van der Waals surface area contributed by atoms with Crippen LogP contribution in [-0.4, -0.2) is 7.05 Å². The molecule has 0 amide bonds. The second kappa shape index (κ2) is 6.96. The third kappa shape index (κ3) is 3.87. The molecule has 0 saturated heterocycles. The Morgan fingerprint density at radius 2 is 1.55 bits per heavy atom. The molecular formula is C18H23NS. The van der Waals surface area contributed by atoms with Crippen LogP contribution in [0.25, 0.3) is 0 Å². The zero-order chi connectivity index (χ0) is 14.5. The maximum absolute atomic E-state index is 3.17. The van der Waals surface area contributed by atoms with Crippen LogP contribution in [-0.2, 0) is 12.3 Å². The SMILES string of the molecule is CNCc1ccc(SCc2c(C)cc(C)cc2C)cc1. The minimum Gasteiger partial charge on any atom is -0.316 e. The second-order valence-electron chi connectivity index (χ2n) is 5.34. The summed E-state index contributed by atoms with van der Waals surface area (Å²) >= 11 is 1.91. The lowest BCUT2D eigenvalue weighted by Crippen LogP contribution is -2.04. The highest BCUT2D eigenvalue weighted by Crippen LogP contribution is 2.27. The van der Waals surface area contributed by atoms with Crippen molar-refractivity contribution in [3.8, 4) is 0 Å². The molecule has 0 aliphatic carbocycles.